The van der Waals surface area contributed by atoms with Crippen molar-refractivity contribution in [1.29, 1.82) is 0 Å². The summed E-state index contributed by atoms with van der Waals surface area (Å²) in [6, 6.07) is 0. The number of nitrogens with zero attached hydrogens (tertiary/aromatic N) is 1. The molecule has 114 valence electrons. The summed E-state index contributed by atoms with van der Waals surface area (Å²) >= 11 is 1.84. The Morgan fingerprint density at radius 2 is 2.10 bits per heavy atom. The van der Waals surface area contributed by atoms with Gasteiger partial charge in [-0.3, -0.25) is 0 Å². The van der Waals surface area contributed by atoms with Gasteiger partial charge in [0.2, 0.25) is 0 Å². The van der Waals surface area contributed by atoms with Gasteiger partial charge in [0, 0.05) is 18.5 Å². The molecule has 1 N–H and O–H groups in total. The molecule has 1 heterocycles. The molecule has 2 rings (SSSR count). The number of nitrogens with one attached hydrogen (secondary N) is 1. The summed E-state index contributed by atoms with van der Waals surface area (Å²) in [4.78, 5) is 6.20. The van der Waals surface area contributed by atoms with Gasteiger partial charge in [-0.05, 0) is 51.5 Å². The van der Waals surface area contributed by atoms with Crippen molar-refractivity contribution in [2.75, 3.05) is 13.7 Å². The van der Waals surface area contributed by atoms with Crippen LogP contribution in [0.5, 0.6) is 0 Å². The molecule has 1 aromatic heterocycles. The molecule has 1 fully saturated rings. The van der Waals surface area contributed by atoms with Crippen molar-refractivity contribution in [1.82, 2.24) is 10.3 Å². The third-order valence-electron chi connectivity index (χ3n) is 4.47. The van der Waals surface area contributed by atoms with Crippen LogP contribution in [0.25, 0.3) is 0 Å². The van der Waals surface area contributed by atoms with Crippen LogP contribution in [0.3, 0.4) is 0 Å². The molecule has 0 aliphatic heterocycles. The van der Waals surface area contributed by atoms with Crippen LogP contribution in [0, 0.1) is 12.8 Å². The summed E-state index contributed by atoms with van der Waals surface area (Å²) in [7, 11) is 1.85. The predicted octanol–water partition coefficient (Wildman–Crippen LogP) is 4.00. The molecule has 0 unspecified atom stereocenters. The number of ether oxygens (including phenoxy) is 1. The molecular formula is C16H28N2OS. The van der Waals surface area contributed by atoms with Gasteiger partial charge in [0.25, 0.3) is 0 Å². The fourth-order valence-corrected chi connectivity index (χ4v) is 4.16. The summed E-state index contributed by atoms with van der Waals surface area (Å²) in [5.41, 5.74) is 1.05. The van der Waals surface area contributed by atoms with E-state index in [1.165, 1.54) is 34.8 Å². The molecule has 0 saturated heterocycles. The third kappa shape index (κ3) is 3.41. The summed E-state index contributed by atoms with van der Waals surface area (Å²) in [6.07, 6.45) is 5.88. The number of aryl methyl sites for hydroxylation is 1. The van der Waals surface area contributed by atoms with E-state index < -0.39 is 0 Å². The average molecular weight is 296 g/mol. The maximum Gasteiger partial charge on any atom is 0.125 e. The molecule has 1 saturated carbocycles. The quantitative estimate of drug-likeness (QED) is 0.806. The molecular weight excluding hydrogens is 268 g/mol. The van der Waals surface area contributed by atoms with Gasteiger partial charge in [-0.2, -0.15) is 0 Å². The van der Waals surface area contributed by atoms with Crippen molar-refractivity contribution < 1.29 is 4.74 Å². The molecule has 0 aromatic carbocycles. The Kier molecular flexibility index (Phi) is 5.58. The molecule has 0 bridgehead atoms. The maximum atomic E-state index is 5.93. The Balaban J connectivity index is 2.12. The lowest BCUT2D eigenvalue weighted by atomic mass is 9.80. The van der Waals surface area contributed by atoms with Crippen LogP contribution in [0.2, 0.25) is 0 Å². The molecule has 0 radical (unpaired) electrons. The number of hydrogen-bond donors (Lipinski definition) is 1. The van der Waals surface area contributed by atoms with Crippen molar-refractivity contribution in [3.8, 4) is 0 Å². The highest BCUT2D eigenvalue weighted by Crippen LogP contribution is 2.43. The standard InChI is InChI=1S/C16H28N2OS/c1-5-10-17-11-14-13(3)18-15(20-14)16(19-4)8-6-12(2)7-9-16/h12,17H,5-11H2,1-4H3. The molecule has 3 nitrogen and oxygen atoms in total. The smallest absolute Gasteiger partial charge is 0.125 e. The summed E-state index contributed by atoms with van der Waals surface area (Å²) in [6.45, 7) is 8.67. The number of thiazole rings is 1. The Morgan fingerprint density at radius 1 is 1.40 bits per heavy atom. The third-order valence-corrected chi connectivity index (χ3v) is 5.81. The lowest BCUT2D eigenvalue weighted by Gasteiger charge is -2.36. The van der Waals surface area contributed by atoms with Gasteiger partial charge < -0.3 is 10.1 Å². The predicted molar refractivity (Wildman–Crippen MR) is 85.2 cm³/mol. The van der Waals surface area contributed by atoms with E-state index in [1.807, 2.05) is 18.4 Å². The van der Waals surface area contributed by atoms with E-state index >= 15 is 0 Å². The first-order valence-corrected chi connectivity index (χ1v) is 8.65. The van der Waals surface area contributed by atoms with Gasteiger partial charge in [0.1, 0.15) is 10.6 Å². The number of rotatable bonds is 6. The number of aromatic nitrogens is 1. The van der Waals surface area contributed by atoms with E-state index in [-0.39, 0.29) is 5.60 Å². The normalized spacial score (nSPS) is 26.9. The highest BCUT2D eigenvalue weighted by Gasteiger charge is 2.38. The van der Waals surface area contributed by atoms with E-state index in [4.69, 9.17) is 9.72 Å². The molecule has 20 heavy (non-hydrogen) atoms. The van der Waals surface area contributed by atoms with Gasteiger partial charge in [-0.25, -0.2) is 4.98 Å². The number of hydrogen-bond acceptors (Lipinski definition) is 4. The van der Waals surface area contributed by atoms with Crippen molar-refractivity contribution in [3.05, 3.63) is 15.6 Å². The van der Waals surface area contributed by atoms with E-state index in [2.05, 4.69) is 26.1 Å². The summed E-state index contributed by atoms with van der Waals surface area (Å²) in [5, 5.41) is 4.67. The topological polar surface area (TPSA) is 34.1 Å². The van der Waals surface area contributed by atoms with Crippen molar-refractivity contribution in [2.24, 2.45) is 5.92 Å². The van der Waals surface area contributed by atoms with Gasteiger partial charge in [-0.15, -0.1) is 11.3 Å². The van der Waals surface area contributed by atoms with Gasteiger partial charge in [0.05, 0.1) is 5.69 Å². The molecule has 4 heteroatoms. The first-order chi connectivity index (χ1) is 9.61. The van der Waals surface area contributed by atoms with Gasteiger partial charge in [-0.1, -0.05) is 13.8 Å². The lowest BCUT2D eigenvalue weighted by molar-refractivity contribution is -0.0531. The minimum Gasteiger partial charge on any atom is -0.371 e. The second kappa shape index (κ2) is 7.01. The fraction of sp³-hybridized carbons (Fsp3) is 0.812. The molecule has 1 aromatic rings. The first kappa shape index (κ1) is 15.9. The molecule has 0 amide bonds. The summed E-state index contributed by atoms with van der Waals surface area (Å²) < 4.78 is 5.93. The molecule has 0 atom stereocenters. The Morgan fingerprint density at radius 3 is 2.70 bits per heavy atom. The lowest BCUT2D eigenvalue weighted by Crippen LogP contribution is -2.33. The Labute approximate surface area is 127 Å². The van der Waals surface area contributed by atoms with Crippen LogP contribution < -0.4 is 5.32 Å². The minimum atomic E-state index is -0.120. The second-order valence-electron chi connectivity index (χ2n) is 6.09. The van der Waals surface area contributed by atoms with E-state index in [1.54, 1.807) is 0 Å². The van der Waals surface area contributed by atoms with Crippen LogP contribution in [-0.2, 0) is 16.9 Å². The van der Waals surface area contributed by atoms with Crippen LogP contribution in [-0.4, -0.2) is 18.6 Å². The first-order valence-electron chi connectivity index (χ1n) is 7.84. The van der Waals surface area contributed by atoms with Crippen LogP contribution in [0.15, 0.2) is 0 Å². The minimum absolute atomic E-state index is 0.120. The SMILES string of the molecule is CCCNCc1sc(C2(OC)CCC(C)CC2)nc1C. The highest BCUT2D eigenvalue weighted by molar-refractivity contribution is 7.11. The van der Waals surface area contributed by atoms with Crippen molar-refractivity contribution in [2.45, 2.75) is 65.0 Å². The average Bonchev–Trinajstić information content (AvgIpc) is 2.82. The zero-order valence-electron chi connectivity index (χ0n) is 13.3. The van der Waals surface area contributed by atoms with Gasteiger partial charge in [0.15, 0.2) is 0 Å². The maximum absolute atomic E-state index is 5.93. The van der Waals surface area contributed by atoms with Crippen molar-refractivity contribution in [3.63, 3.8) is 0 Å². The molecule has 1 aliphatic carbocycles. The Bertz CT molecular complexity index is 422. The highest BCUT2D eigenvalue weighted by atomic mass is 32.1. The largest absolute Gasteiger partial charge is 0.371 e. The molecule has 0 spiro atoms. The van der Waals surface area contributed by atoms with Gasteiger partial charge >= 0.3 is 0 Å². The van der Waals surface area contributed by atoms with Crippen LogP contribution in [0.4, 0.5) is 0 Å². The zero-order chi connectivity index (χ0) is 14.6. The van der Waals surface area contributed by atoms with E-state index in [9.17, 15) is 0 Å². The molecule has 1 aliphatic rings. The Hall–Kier alpha value is -0.450. The van der Waals surface area contributed by atoms with E-state index in [0.29, 0.717) is 0 Å². The summed E-state index contributed by atoms with van der Waals surface area (Å²) in [5.74, 6) is 0.824. The fourth-order valence-electron chi connectivity index (χ4n) is 2.90. The zero-order valence-corrected chi connectivity index (χ0v) is 14.1. The van der Waals surface area contributed by atoms with E-state index in [0.717, 1.165) is 31.8 Å². The number of methoxy groups -OCH3 is 1. The van der Waals surface area contributed by atoms with Crippen molar-refractivity contribution >= 4 is 11.3 Å². The van der Waals surface area contributed by atoms with Crippen LogP contribution in [0.1, 0.15) is 61.5 Å². The van der Waals surface area contributed by atoms with Crippen LogP contribution >= 0.6 is 11.3 Å². The monoisotopic (exact) mass is 296 g/mol. The second-order valence-corrected chi connectivity index (χ2v) is 7.17.